The Morgan fingerprint density at radius 1 is 1.42 bits per heavy atom. The Bertz CT molecular complexity index is 601. The lowest BCUT2D eigenvalue weighted by Gasteiger charge is -2.12. The number of carbonyl (C=O) groups excluding carboxylic acids is 1. The van der Waals surface area contributed by atoms with Crippen LogP contribution in [0.4, 0.5) is 5.13 Å². The van der Waals surface area contributed by atoms with Gasteiger partial charge >= 0.3 is 0 Å². The van der Waals surface area contributed by atoms with Crippen molar-refractivity contribution in [3.8, 4) is 0 Å². The van der Waals surface area contributed by atoms with Gasteiger partial charge in [-0.15, -0.1) is 10.2 Å². The number of hydrogen-bond donors (Lipinski definition) is 2. The first-order valence-electron chi connectivity index (χ1n) is 8.19. The molecule has 0 radical (unpaired) electrons. The van der Waals surface area contributed by atoms with Crippen molar-refractivity contribution in [2.75, 3.05) is 11.1 Å². The van der Waals surface area contributed by atoms with Gasteiger partial charge in [0.2, 0.25) is 11.0 Å². The van der Waals surface area contributed by atoms with Crippen LogP contribution in [0.1, 0.15) is 45.3 Å². The van der Waals surface area contributed by atoms with E-state index in [-0.39, 0.29) is 11.9 Å². The maximum Gasteiger partial charge on any atom is 0.230 e. The minimum absolute atomic E-state index is 0.0456. The Kier molecular flexibility index (Phi) is 8.11. The molecule has 1 unspecified atom stereocenters. The predicted octanol–water partition coefficient (Wildman–Crippen LogP) is 3.92. The van der Waals surface area contributed by atoms with Crippen LogP contribution in [0, 0.1) is 0 Å². The van der Waals surface area contributed by atoms with Crippen molar-refractivity contribution < 1.29 is 9.21 Å². The van der Waals surface area contributed by atoms with E-state index in [4.69, 9.17) is 4.42 Å². The summed E-state index contributed by atoms with van der Waals surface area (Å²) in [6.07, 6.45) is 6.24. The fourth-order valence-corrected chi connectivity index (χ4v) is 3.69. The van der Waals surface area contributed by atoms with Gasteiger partial charge in [0.25, 0.3) is 0 Å². The Morgan fingerprint density at radius 2 is 2.29 bits per heavy atom. The average molecular weight is 369 g/mol. The summed E-state index contributed by atoms with van der Waals surface area (Å²) in [7, 11) is 0. The van der Waals surface area contributed by atoms with E-state index in [1.54, 1.807) is 6.26 Å². The molecule has 132 valence electrons. The lowest BCUT2D eigenvalue weighted by molar-refractivity contribution is -0.119. The van der Waals surface area contributed by atoms with Gasteiger partial charge < -0.3 is 15.1 Å². The SMILES string of the molecule is CCCCCC(C)NC(=O)CSc1nnc(NCc2ccco2)s1. The molecule has 0 spiro atoms. The molecule has 2 aromatic rings. The molecule has 2 rings (SSSR count). The third-order valence-electron chi connectivity index (χ3n) is 3.38. The Hall–Kier alpha value is -1.54. The summed E-state index contributed by atoms with van der Waals surface area (Å²) in [5, 5.41) is 15.1. The van der Waals surface area contributed by atoms with E-state index in [0.29, 0.717) is 12.3 Å². The van der Waals surface area contributed by atoms with E-state index >= 15 is 0 Å². The molecule has 1 atom stereocenters. The number of thioether (sulfide) groups is 1. The largest absolute Gasteiger partial charge is 0.467 e. The quantitative estimate of drug-likeness (QED) is 0.462. The minimum atomic E-state index is 0.0456. The first kappa shape index (κ1) is 18.8. The van der Waals surface area contributed by atoms with Crippen LogP contribution in [0.15, 0.2) is 27.2 Å². The number of hydrogen-bond acceptors (Lipinski definition) is 7. The van der Waals surface area contributed by atoms with Crippen molar-refractivity contribution in [3.63, 3.8) is 0 Å². The number of furan rings is 1. The summed E-state index contributed by atoms with van der Waals surface area (Å²) in [6.45, 7) is 4.81. The van der Waals surface area contributed by atoms with Crippen molar-refractivity contribution in [3.05, 3.63) is 24.2 Å². The number of nitrogens with one attached hydrogen (secondary N) is 2. The van der Waals surface area contributed by atoms with Crippen molar-refractivity contribution >= 4 is 34.1 Å². The third-order valence-corrected chi connectivity index (χ3v) is 5.39. The zero-order valence-electron chi connectivity index (χ0n) is 14.1. The van der Waals surface area contributed by atoms with Crippen molar-refractivity contribution in [2.24, 2.45) is 0 Å². The first-order valence-corrected chi connectivity index (χ1v) is 9.99. The summed E-state index contributed by atoms with van der Waals surface area (Å²) in [6, 6.07) is 3.97. The molecule has 6 nitrogen and oxygen atoms in total. The van der Waals surface area contributed by atoms with E-state index in [2.05, 4.69) is 34.7 Å². The van der Waals surface area contributed by atoms with E-state index in [9.17, 15) is 4.79 Å². The minimum Gasteiger partial charge on any atom is -0.467 e. The van der Waals surface area contributed by atoms with Gasteiger partial charge in [-0.3, -0.25) is 4.79 Å². The summed E-state index contributed by atoms with van der Waals surface area (Å²) in [4.78, 5) is 11.9. The molecule has 0 aromatic carbocycles. The number of amides is 1. The molecule has 0 fully saturated rings. The number of anilines is 1. The smallest absolute Gasteiger partial charge is 0.230 e. The molecule has 0 saturated heterocycles. The summed E-state index contributed by atoms with van der Waals surface area (Å²) in [5.41, 5.74) is 0. The second-order valence-corrected chi connectivity index (χ2v) is 7.76. The Morgan fingerprint density at radius 3 is 3.04 bits per heavy atom. The van der Waals surface area contributed by atoms with Crippen LogP contribution < -0.4 is 10.6 Å². The molecule has 0 aliphatic heterocycles. The van der Waals surface area contributed by atoms with Crippen LogP contribution in [0.5, 0.6) is 0 Å². The van der Waals surface area contributed by atoms with Crippen molar-refractivity contribution in [1.29, 1.82) is 0 Å². The van der Waals surface area contributed by atoms with Crippen LogP contribution in [-0.2, 0) is 11.3 Å². The lowest BCUT2D eigenvalue weighted by atomic mass is 10.1. The molecule has 2 N–H and O–H groups in total. The maximum atomic E-state index is 11.9. The van der Waals surface area contributed by atoms with E-state index < -0.39 is 0 Å². The fourth-order valence-electron chi connectivity index (χ4n) is 2.13. The molecule has 24 heavy (non-hydrogen) atoms. The molecule has 1 amide bonds. The van der Waals surface area contributed by atoms with Gasteiger partial charge in [-0.2, -0.15) is 0 Å². The highest BCUT2D eigenvalue weighted by Crippen LogP contribution is 2.25. The molecule has 8 heteroatoms. The topological polar surface area (TPSA) is 80.0 Å². The van der Waals surface area contributed by atoms with Gasteiger partial charge in [0.05, 0.1) is 18.6 Å². The van der Waals surface area contributed by atoms with Gasteiger partial charge in [-0.1, -0.05) is 49.3 Å². The van der Waals surface area contributed by atoms with Crippen LogP contribution in [-0.4, -0.2) is 27.9 Å². The standard InChI is InChI=1S/C16H24N4O2S2/c1-3-4-5-7-12(2)18-14(21)11-23-16-20-19-15(24-16)17-10-13-8-6-9-22-13/h6,8-9,12H,3-5,7,10-11H2,1-2H3,(H,17,19)(H,18,21). The van der Waals surface area contributed by atoms with Crippen LogP contribution >= 0.6 is 23.1 Å². The molecule has 0 aliphatic rings. The normalized spacial score (nSPS) is 12.1. The Balaban J connectivity index is 1.65. The van der Waals surface area contributed by atoms with Crippen LogP contribution in [0.25, 0.3) is 0 Å². The highest BCUT2D eigenvalue weighted by Gasteiger charge is 2.10. The summed E-state index contributed by atoms with van der Waals surface area (Å²) < 4.78 is 6.03. The summed E-state index contributed by atoms with van der Waals surface area (Å²) in [5.74, 6) is 1.26. The number of unbranched alkanes of at least 4 members (excludes halogenated alkanes) is 2. The van der Waals surface area contributed by atoms with Gasteiger partial charge in [0, 0.05) is 6.04 Å². The Labute approximate surface area is 150 Å². The average Bonchev–Trinajstić information content (AvgIpc) is 3.23. The molecule has 2 heterocycles. The van der Waals surface area contributed by atoms with Crippen LogP contribution in [0.2, 0.25) is 0 Å². The molecule has 0 saturated carbocycles. The third kappa shape index (κ3) is 6.92. The number of rotatable bonds is 11. The molecular formula is C16H24N4O2S2. The van der Waals surface area contributed by atoms with Crippen LogP contribution in [0.3, 0.4) is 0 Å². The second kappa shape index (κ2) is 10.4. The van der Waals surface area contributed by atoms with E-state index in [0.717, 1.165) is 28.1 Å². The second-order valence-electron chi connectivity index (χ2n) is 5.56. The summed E-state index contributed by atoms with van der Waals surface area (Å²) >= 11 is 2.85. The zero-order valence-corrected chi connectivity index (χ0v) is 15.7. The highest BCUT2D eigenvalue weighted by molar-refractivity contribution is 8.01. The number of aromatic nitrogens is 2. The lowest BCUT2D eigenvalue weighted by Crippen LogP contribution is -2.33. The number of carbonyl (C=O) groups is 1. The first-order chi connectivity index (χ1) is 11.7. The molecular weight excluding hydrogens is 344 g/mol. The van der Waals surface area contributed by atoms with Crippen molar-refractivity contribution in [1.82, 2.24) is 15.5 Å². The van der Waals surface area contributed by atoms with E-state index in [1.165, 1.54) is 35.9 Å². The highest BCUT2D eigenvalue weighted by atomic mass is 32.2. The maximum absolute atomic E-state index is 11.9. The van der Waals surface area contributed by atoms with Gasteiger partial charge in [0.15, 0.2) is 4.34 Å². The fraction of sp³-hybridized carbons (Fsp3) is 0.562. The molecule has 0 bridgehead atoms. The van der Waals surface area contributed by atoms with Gasteiger partial charge in [-0.25, -0.2) is 0 Å². The van der Waals surface area contributed by atoms with E-state index in [1.807, 2.05) is 12.1 Å². The van der Waals surface area contributed by atoms with Gasteiger partial charge in [0.1, 0.15) is 5.76 Å². The van der Waals surface area contributed by atoms with Gasteiger partial charge in [-0.05, 0) is 25.5 Å². The number of nitrogens with zero attached hydrogens (tertiary/aromatic N) is 2. The molecule has 0 aliphatic carbocycles. The molecule has 2 aromatic heterocycles. The zero-order chi connectivity index (χ0) is 17.2. The van der Waals surface area contributed by atoms with Crippen molar-refractivity contribution in [2.45, 2.75) is 56.5 Å². The monoisotopic (exact) mass is 368 g/mol. The predicted molar refractivity (Wildman–Crippen MR) is 98.4 cm³/mol.